The Balaban J connectivity index is 1.61. The van der Waals surface area contributed by atoms with Crippen molar-refractivity contribution >= 4 is 22.0 Å². The Hall–Kier alpha value is -3.73. The normalized spacial score (nSPS) is 11.2. The number of hydrogen-bond donors (Lipinski definition) is 0. The van der Waals surface area contributed by atoms with Gasteiger partial charge < -0.3 is 9.15 Å². The van der Waals surface area contributed by atoms with Gasteiger partial charge in [0.1, 0.15) is 29.2 Å². The second-order valence-corrected chi connectivity index (χ2v) is 6.42. The van der Waals surface area contributed by atoms with E-state index >= 15 is 0 Å². The van der Waals surface area contributed by atoms with E-state index in [0.717, 1.165) is 16.5 Å². The molecule has 136 valence electrons. The van der Waals surface area contributed by atoms with Gasteiger partial charge in [0, 0.05) is 23.2 Å². The molecule has 0 saturated carbocycles. The van der Waals surface area contributed by atoms with Crippen molar-refractivity contribution in [3.05, 3.63) is 90.4 Å². The highest BCUT2D eigenvalue weighted by Crippen LogP contribution is 2.35. The fourth-order valence-electron chi connectivity index (χ4n) is 3.16. The van der Waals surface area contributed by atoms with E-state index in [1.807, 2.05) is 48.5 Å². The number of benzene rings is 3. The quantitative estimate of drug-likeness (QED) is 0.403. The SMILES string of the molecule is Fc1ccc(-c2nc3c(cc(OCc4ccccc4)c4ncccc43)o2)cc1. The molecule has 0 aliphatic heterocycles. The first kappa shape index (κ1) is 16.4. The monoisotopic (exact) mass is 370 g/mol. The first-order valence-corrected chi connectivity index (χ1v) is 8.89. The Labute approximate surface area is 160 Å². The van der Waals surface area contributed by atoms with Crippen LogP contribution in [0.1, 0.15) is 5.56 Å². The summed E-state index contributed by atoms with van der Waals surface area (Å²) in [7, 11) is 0. The predicted molar refractivity (Wildman–Crippen MR) is 105 cm³/mol. The average molecular weight is 370 g/mol. The van der Waals surface area contributed by atoms with Crippen molar-refractivity contribution in [2.75, 3.05) is 0 Å². The van der Waals surface area contributed by atoms with Crippen molar-refractivity contribution in [3.8, 4) is 17.2 Å². The number of fused-ring (bicyclic) bond motifs is 3. The lowest BCUT2D eigenvalue weighted by atomic mass is 10.1. The molecule has 28 heavy (non-hydrogen) atoms. The fourth-order valence-corrected chi connectivity index (χ4v) is 3.16. The van der Waals surface area contributed by atoms with Gasteiger partial charge in [-0.2, -0.15) is 0 Å². The zero-order valence-electron chi connectivity index (χ0n) is 14.8. The van der Waals surface area contributed by atoms with Crippen molar-refractivity contribution in [2.45, 2.75) is 6.61 Å². The molecule has 5 aromatic rings. The number of ether oxygens (including phenoxy) is 1. The van der Waals surface area contributed by atoms with Crippen LogP contribution in [0, 0.1) is 5.82 Å². The van der Waals surface area contributed by atoms with E-state index in [0.29, 0.717) is 34.9 Å². The molecule has 0 saturated heterocycles. The molecule has 2 heterocycles. The van der Waals surface area contributed by atoms with E-state index in [-0.39, 0.29) is 5.82 Å². The third-order valence-corrected chi connectivity index (χ3v) is 4.54. The van der Waals surface area contributed by atoms with E-state index < -0.39 is 0 Å². The molecule has 5 rings (SSSR count). The van der Waals surface area contributed by atoms with Crippen LogP contribution >= 0.6 is 0 Å². The highest BCUT2D eigenvalue weighted by atomic mass is 19.1. The van der Waals surface area contributed by atoms with E-state index in [1.54, 1.807) is 18.3 Å². The number of nitrogens with zero attached hydrogens (tertiary/aromatic N) is 2. The number of oxazole rings is 1. The van der Waals surface area contributed by atoms with Gasteiger partial charge in [0.2, 0.25) is 5.89 Å². The van der Waals surface area contributed by atoms with Crippen molar-refractivity contribution in [1.82, 2.24) is 9.97 Å². The van der Waals surface area contributed by atoms with Crippen LogP contribution in [-0.4, -0.2) is 9.97 Å². The van der Waals surface area contributed by atoms with Crippen LogP contribution in [0.5, 0.6) is 5.75 Å². The number of aromatic nitrogens is 2. The van der Waals surface area contributed by atoms with Gasteiger partial charge in [-0.3, -0.25) is 4.98 Å². The minimum Gasteiger partial charge on any atom is -0.486 e. The molecule has 0 unspecified atom stereocenters. The number of hydrogen-bond acceptors (Lipinski definition) is 4. The summed E-state index contributed by atoms with van der Waals surface area (Å²) in [6, 6.07) is 21.6. The minimum atomic E-state index is -0.300. The summed E-state index contributed by atoms with van der Waals surface area (Å²) in [6.45, 7) is 0.428. The Kier molecular flexibility index (Phi) is 3.98. The molecule has 0 aliphatic rings. The molecule has 0 atom stereocenters. The molecule has 0 spiro atoms. The molecule has 4 nitrogen and oxygen atoms in total. The lowest BCUT2D eigenvalue weighted by molar-refractivity contribution is 0.309. The summed E-state index contributed by atoms with van der Waals surface area (Å²) in [5.41, 5.74) is 3.81. The van der Waals surface area contributed by atoms with Crippen molar-refractivity contribution in [2.24, 2.45) is 0 Å². The Morgan fingerprint density at radius 3 is 2.54 bits per heavy atom. The molecule has 3 aromatic carbocycles. The Morgan fingerprint density at radius 1 is 0.893 bits per heavy atom. The summed E-state index contributed by atoms with van der Waals surface area (Å²) in [5.74, 6) is 0.764. The third-order valence-electron chi connectivity index (χ3n) is 4.54. The van der Waals surface area contributed by atoms with E-state index in [2.05, 4.69) is 9.97 Å². The molecule has 0 aliphatic carbocycles. The van der Waals surface area contributed by atoms with Gasteiger partial charge >= 0.3 is 0 Å². The van der Waals surface area contributed by atoms with Crippen molar-refractivity contribution in [3.63, 3.8) is 0 Å². The van der Waals surface area contributed by atoms with Gasteiger partial charge in [-0.1, -0.05) is 30.3 Å². The molecular weight excluding hydrogens is 355 g/mol. The lowest BCUT2D eigenvalue weighted by Crippen LogP contribution is -1.96. The topological polar surface area (TPSA) is 48.2 Å². The van der Waals surface area contributed by atoms with Crippen LogP contribution in [0.3, 0.4) is 0 Å². The average Bonchev–Trinajstić information content (AvgIpc) is 3.17. The van der Waals surface area contributed by atoms with Gasteiger partial charge in [0.05, 0.1) is 0 Å². The molecule has 0 radical (unpaired) electrons. The summed E-state index contributed by atoms with van der Waals surface area (Å²) in [6.07, 6.45) is 1.73. The Morgan fingerprint density at radius 2 is 1.71 bits per heavy atom. The van der Waals surface area contributed by atoms with Gasteiger partial charge in [-0.15, -0.1) is 0 Å². The van der Waals surface area contributed by atoms with Crippen LogP contribution in [0.2, 0.25) is 0 Å². The zero-order chi connectivity index (χ0) is 18.9. The molecule has 5 heteroatoms. The number of pyridine rings is 1. The first-order chi connectivity index (χ1) is 13.8. The largest absolute Gasteiger partial charge is 0.486 e. The highest BCUT2D eigenvalue weighted by Gasteiger charge is 2.16. The van der Waals surface area contributed by atoms with Crippen LogP contribution < -0.4 is 4.74 Å². The zero-order valence-corrected chi connectivity index (χ0v) is 14.8. The maximum absolute atomic E-state index is 13.2. The highest BCUT2D eigenvalue weighted by molar-refractivity contribution is 6.05. The van der Waals surface area contributed by atoms with E-state index in [1.165, 1.54) is 12.1 Å². The van der Waals surface area contributed by atoms with Crippen LogP contribution in [-0.2, 0) is 6.61 Å². The standard InChI is InChI=1S/C23H15FN2O2/c24-17-10-8-16(9-11-17)23-26-22-18-7-4-12-25-21(18)19(13-20(22)28-23)27-14-15-5-2-1-3-6-15/h1-13H,14H2. The van der Waals surface area contributed by atoms with Crippen LogP contribution in [0.15, 0.2) is 83.4 Å². The summed E-state index contributed by atoms with van der Waals surface area (Å²) < 4.78 is 25.2. The second-order valence-electron chi connectivity index (χ2n) is 6.42. The lowest BCUT2D eigenvalue weighted by Gasteiger charge is -2.09. The van der Waals surface area contributed by atoms with Crippen molar-refractivity contribution < 1.29 is 13.5 Å². The van der Waals surface area contributed by atoms with Gasteiger partial charge in [0.15, 0.2) is 5.58 Å². The maximum Gasteiger partial charge on any atom is 0.227 e. The van der Waals surface area contributed by atoms with Crippen LogP contribution in [0.4, 0.5) is 4.39 Å². The van der Waals surface area contributed by atoms with Crippen molar-refractivity contribution in [1.29, 1.82) is 0 Å². The molecular formula is C23H15FN2O2. The Bertz CT molecular complexity index is 1260. The number of halogens is 1. The van der Waals surface area contributed by atoms with Crippen LogP contribution in [0.25, 0.3) is 33.5 Å². The molecule has 0 amide bonds. The first-order valence-electron chi connectivity index (χ1n) is 8.89. The summed E-state index contributed by atoms with van der Waals surface area (Å²) in [5, 5.41) is 0.847. The summed E-state index contributed by atoms with van der Waals surface area (Å²) >= 11 is 0. The number of rotatable bonds is 4. The summed E-state index contributed by atoms with van der Waals surface area (Å²) in [4.78, 5) is 9.10. The second kappa shape index (κ2) is 6.78. The molecule has 0 bridgehead atoms. The van der Waals surface area contributed by atoms with Gasteiger partial charge in [-0.05, 0) is 42.0 Å². The molecule has 0 fully saturated rings. The minimum absolute atomic E-state index is 0.300. The molecule has 0 N–H and O–H groups in total. The van der Waals surface area contributed by atoms with E-state index in [9.17, 15) is 4.39 Å². The predicted octanol–water partition coefficient (Wildman–Crippen LogP) is 5.76. The molecule has 2 aromatic heterocycles. The maximum atomic E-state index is 13.2. The fraction of sp³-hybridized carbons (Fsp3) is 0.0435. The van der Waals surface area contributed by atoms with E-state index in [4.69, 9.17) is 9.15 Å². The third kappa shape index (κ3) is 2.97. The van der Waals surface area contributed by atoms with Gasteiger partial charge in [-0.25, -0.2) is 9.37 Å². The van der Waals surface area contributed by atoms with Gasteiger partial charge in [0.25, 0.3) is 0 Å². The smallest absolute Gasteiger partial charge is 0.227 e.